The van der Waals surface area contributed by atoms with Gasteiger partial charge in [-0.2, -0.15) is 0 Å². The lowest BCUT2D eigenvalue weighted by atomic mass is 10.3. The number of benzene rings is 1. The molecule has 0 amide bonds. The van der Waals surface area contributed by atoms with E-state index >= 15 is 0 Å². The van der Waals surface area contributed by atoms with Crippen LogP contribution in [-0.2, 0) is 19.5 Å². The van der Waals surface area contributed by atoms with Crippen LogP contribution in [0.4, 0.5) is 5.69 Å². The zero-order valence-electron chi connectivity index (χ0n) is 10.4. The lowest BCUT2D eigenvalue weighted by Gasteiger charge is -2.23. The van der Waals surface area contributed by atoms with Crippen LogP contribution in [0.5, 0.6) is 0 Å². The maximum absolute atomic E-state index is 12.2. The Morgan fingerprint density at radius 3 is 2.50 bits per heavy atom. The first kappa shape index (κ1) is 15.8. The van der Waals surface area contributed by atoms with E-state index in [4.69, 9.17) is 38.4 Å². The standard InChI is InChI=1S/C11H14Cl2N2O4S/c12-9-3-7(14)4-10(13)11(9)20(16,17)15-5-8-6-18-1-2-19-8/h3-4,8,15H,1-2,5-6,14H2. The molecule has 1 aromatic rings. The molecule has 0 spiro atoms. The van der Waals surface area contributed by atoms with Crippen molar-refractivity contribution in [3.05, 3.63) is 22.2 Å². The van der Waals surface area contributed by atoms with Crippen molar-refractivity contribution in [3.8, 4) is 0 Å². The fraction of sp³-hybridized carbons (Fsp3) is 0.455. The van der Waals surface area contributed by atoms with Crippen LogP contribution in [0, 0.1) is 0 Å². The minimum absolute atomic E-state index is 0.0247. The molecule has 1 unspecified atom stereocenters. The SMILES string of the molecule is Nc1cc(Cl)c(S(=O)(=O)NCC2COCCO2)c(Cl)c1. The van der Waals surface area contributed by atoms with Gasteiger partial charge in [-0.15, -0.1) is 0 Å². The second-order valence-corrected chi connectivity index (χ2v) is 6.75. The summed E-state index contributed by atoms with van der Waals surface area (Å²) in [7, 11) is -3.84. The Morgan fingerprint density at radius 1 is 1.30 bits per heavy atom. The Bertz CT molecular complexity index is 565. The maximum Gasteiger partial charge on any atom is 0.243 e. The monoisotopic (exact) mass is 340 g/mol. The number of anilines is 1. The average Bonchev–Trinajstić information content (AvgIpc) is 2.36. The normalized spacial score (nSPS) is 20.0. The number of nitrogens with one attached hydrogen (secondary N) is 1. The third kappa shape index (κ3) is 3.75. The lowest BCUT2D eigenvalue weighted by molar-refractivity contribution is -0.0846. The van der Waals surface area contributed by atoms with E-state index in [1.54, 1.807) is 0 Å². The van der Waals surface area contributed by atoms with Crippen LogP contribution >= 0.6 is 23.2 Å². The molecule has 1 fully saturated rings. The maximum atomic E-state index is 12.2. The molecule has 1 aliphatic heterocycles. The minimum Gasteiger partial charge on any atom is -0.399 e. The Labute approximate surface area is 127 Å². The van der Waals surface area contributed by atoms with Crippen LogP contribution in [0.15, 0.2) is 17.0 Å². The Balaban J connectivity index is 2.14. The quantitative estimate of drug-likeness (QED) is 0.805. The Morgan fingerprint density at radius 2 is 1.95 bits per heavy atom. The number of ether oxygens (including phenoxy) is 2. The number of halogens is 2. The Hall–Kier alpha value is -0.570. The minimum atomic E-state index is -3.84. The largest absolute Gasteiger partial charge is 0.399 e. The molecular weight excluding hydrogens is 327 g/mol. The summed E-state index contributed by atoms with van der Waals surface area (Å²) < 4.78 is 37.4. The van der Waals surface area contributed by atoms with Gasteiger partial charge in [0.2, 0.25) is 10.0 Å². The van der Waals surface area contributed by atoms with E-state index in [2.05, 4.69) is 4.72 Å². The average molecular weight is 341 g/mol. The van der Waals surface area contributed by atoms with Crippen molar-refractivity contribution >= 4 is 38.9 Å². The molecule has 1 saturated heterocycles. The predicted octanol–water partition coefficient (Wildman–Crippen LogP) is 1.27. The molecule has 9 heteroatoms. The number of hydrogen-bond acceptors (Lipinski definition) is 5. The molecule has 1 heterocycles. The van der Waals surface area contributed by atoms with Gasteiger partial charge in [0.15, 0.2) is 0 Å². The van der Waals surface area contributed by atoms with E-state index < -0.39 is 10.0 Å². The molecule has 0 bridgehead atoms. The van der Waals surface area contributed by atoms with Gasteiger partial charge in [-0.05, 0) is 12.1 Å². The summed E-state index contributed by atoms with van der Waals surface area (Å²) in [4.78, 5) is -0.188. The lowest BCUT2D eigenvalue weighted by Crippen LogP contribution is -2.39. The van der Waals surface area contributed by atoms with Gasteiger partial charge in [-0.3, -0.25) is 0 Å². The molecule has 2 rings (SSSR count). The molecule has 0 radical (unpaired) electrons. The Kier molecular flexibility index (Phi) is 5.11. The number of sulfonamides is 1. The van der Waals surface area contributed by atoms with Gasteiger partial charge in [0.25, 0.3) is 0 Å². The van der Waals surface area contributed by atoms with E-state index in [0.29, 0.717) is 25.5 Å². The van der Waals surface area contributed by atoms with E-state index in [1.165, 1.54) is 12.1 Å². The molecular formula is C11H14Cl2N2O4S. The first-order chi connectivity index (χ1) is 9.40. The number of rotatable bonds is 4. The topological polar surface area (TPSA) is 90.7 Å². The number of hydrogen-bond donors (Lipinski definition) is 2. The van der Waals surface area contributed by atoms with Gasteiger partial charge >= 0.3 is 0 Å². The first-order valence-electron chi connectivity index (χ1n) is 5.83. The van der Waals surface area contributed by atoms with Gasteiger partial charge in [0.1, 0.15) is 4.90 Å². The van der Waals surface area contributed by atoms with Crippen LogP contribution in [0.1, 0.15) is 0 Å². The highest BCUT2D eigenvalue weighted by Crippen LogP contribution is 2.31. The van der Waals surface area contributed by atoms with Crippen molar-refractivity contribution in [1.29, 1.82) is 0 Å². The fourth-order valence-electron chi connectivity index (χ4n) is 1.77. The molecule has 112 valence electrons. The molecule has 0 saturated carbocycles. The summed E-state index contributed by atoms with van der Waals surface area (Å²) in [6.07, 6.45) is -0.329. The van der Waals surface area contributed by atoms with Gasteiger partial charge in [0.05, 0.1) is 36.0 Å². The number of nitrogen functional groups attached to an aromatic ring is 1. The van der Waals surface area contributed by atoms with Crippen LogP contribution in [0.2, 0.25) is 10.0 Å². The van der Waals surface area contributed by atoms with E-state index in [0.717, 1.165) is 0 Å². The van der Waals surface area contributed by atoms with Crippen LogP contribution in [-0.4, -0.2) is 40.9 Å². The van der Waals surface area contributed by atoms with Crippen LogP contribution in [0.25, 0.3) is 0 Å². The van der Waals surface area contributed by atoms with Crippen molar-refractivity contribution in [2.75, 3.05) is 32.1 Å². The summed E-state index contributed by atoms with van der Waals surface area (Å²) in [5.41, 5.74) is 5.84. The van der Waals surface area contributed by atoms with E-state index in [9.17, 15) is 8.42 Å². The summed E-state index contributed by atoms with van der Waals surface area (Å²) in [6.45, 7) is 1.37. The van der Waals surface area contributed by atoms with Gasteiger partial charge < -0.3 is 15.2 Å². The highest BCUT2D eigenvalue weighted by atomic mass is 35.5. The second-order valence-electron chi connectivity index (χ2n) is 4.23. The van der Waals surface area contributed by atoms with Crippen molar-refractivity contribution in [2.45, 2.75) is 11.0 Å². The molecule has 0 aliphatic carbocycles. The summed E-state index contributed by atoms with van der Waals surface area (Å²) >= 11 is 11.8. The molecule has 1 atom stereocenters. The molecule has 3 N–H and O–H groups in total. The van der Waals surface area contributed by atoms with Crippen molar-refractivity contribution < 1.29 is 17.9 Å². The molecule has 0 aromatic heterocycles. The third-order valence-corrected chi connectivity index (χ3v) is 5.02. The van der Waals surface area contributed by atoms with E-state index in [-0.39, 0.29) is 27.6 Å². The third-order valence-electron chi connectivity index (χ3n) is 2.68. The van der Waals surface area contributed by atoms with Crippen LogP contribution in [0.3, 0.4) is 0 Å². The summed E-state index contributed by atoms with van der Waals surface area (Å²) in [6, 6.07) is 2.67. The van der Waals surface area contributed by atoms with Crippen molar-refractivity contribution in [2.24, 2.45) is 0 Å². The molecule has 1 aliphatic rings. The van der Waals surface area contributed by atoms with Gasteiger partial charge in [-0.25, -0.2) is 13.1 Å². The van der Waals surface area contributed by atoms with Gasteiger partial charge in [-0.1, -0.05) is 23.2 Å². The van der Waals surface area contributed by atoms with Crippen molar-refractivity contribution in [3.63, 3.8) is 0 Å². The highest BCUT2D eigenvalue weighted by molar-refractivity contribution is 7.89. The zero-order chi connectivity index (χ0) is 14.8. The summed E-state index contributed by atoms with van der Waals surface area (Å²) in [5, 5.41) is -0.0494. The summed E-state index contributed by atoms with van der Waals surface area (Å²) in [5.74, 6) is 0. The first-order valence-corrected chi connectivity index (χ1v) is 8.07. The smallest absolute Gasteiger partial charge is 0.243 e. The van der Waals surface area contributed by atoms with E-state index in [1.807, 2.05) is 0 Å². The predicted molar refractivity (Wildman–Crippen MR) is 76.6 cm³/mol. The molecule has 20 heavy (non-hydrogen) atoms. The van der Waals surface area contributed by atoms with Crippen molar-refractivity contribution in [1.82, 2.24) is 4.72 Å². The molecule has 6 nitrogen and oxygen atoms in total. The van der Waals surface area contributed by atoms with Crippen LogP contribution < -0.4 is 10.5 Å². The second kappa shape index (κ2) is 6.46. The zero-order valence-corrected chi connectivity index (χ0v) is 12.8. The highest BCUT2D eigenvalue weighted by Gasteiger charge is 2.24. The number of nitrogens with two attached hydrogens (primary N) is 1. The fourth-order valence-corrected chi connectivity index (χ4v) is 4.06. The van der Waals surface area contributed by atoms with Gasteiger partial charge in [0, 0.05) is 12.2 Å². The molecule has 1 aromatic carbocycles.